The lowest BCUT2D eigenvalue weighted by atomic mass is 9.96. The molecule has 27 heavy (non-hydrogen) atoms. The van der Waals surface area contributed by atoms with E-state index in [1.54, 1.807) is 0 Å². The molecule has 4 rings (SSSR count). The summed E-state index contributed by atoms with van der Waals surface area (Å²) in [7, 11) is 1.46. The molecule has 0 bridgehead atoms. The predicted molar refractivity (Wildman–Crippen MR) is 112 cm³/mol. The first-order valence-electron chi connectivity index (χ1n) is 9.76. The van der Waals surface area contributed by atoms with Gasteiger partial charge in [0.05, 0.1) is 23.7 Å². The molecule has 0 unspecified atom stereocenters. The summed E-state index contributed by atoms with van der Waals surface area (Å²) in [5.74, 6) is -0.274. The summed E-state index contributed by atoms with van der Waals surface area (Å²) in [6.45, 7) is 4.44. The highest BCUT2D eigenvalue weighted by Gasteiger charge is 2.24. The fourth-order valence-electron chi connectivity index (χ4n) is 4.36. The van der Waals surface area contributed by atoms with Gasteiger partial charge in [0.25, 0.3) is 0 Å². The zero-order valence-corrected chi connectivity index (χ0v) is 16.2. The summed E-state index contributed by atoms with van der Waals surface area (Å²) in [5.41, 5.74) is 5.45. The van der Waals surface area contributed by atoms with Crippen LogP contribution in [0.25, 0.3) is 27.2 Å². The van der Waals surface area contributed by atoms with Gasteiger partial charge in [0.1, 0.15) is 0 Å². The number of hydrogen-bond acceptors (Lipinski definition) is 2. The Morgan fingerprint density at radius 2 is 1.52 bits per heavy atom. The van der Waals surface area contributed by atoms with Gasteiger partial charge in [0, 0.05) is 16.5 Å². The lowest BCUT2D eigenvalue weighted by Gasteiger charge is -2.17. The molecule has 0 amide bonds. The van der Waals surface area contributed by atoms with Crippen LogP contribution in [0.15, 0.2) is 48.5 Å². The molecule has 0 spiro atoms. The van der Waals surface area contributed by atoms with E-state index in [0.29, 0.717) is 5.56 Å². The van der Waals surface area contributed by atoms with Crippen LogP contribution in [0.5, 0.6) is 0 Å². The normalized spacial score (nSPS) is 11.5. The van der Waals surface area contributed by atoms with E-state index in [4.69, 9.17) is 4.74 Å². The number of carbonyl (C=O) groups is 1. The summed E-state index contributed by atoms with van der Waals surface area (Å²) < 4.78 is 7.50. The Bertz CT molecular complexity index is 1150. The van der Waals surface area contributed by atoms with Crippen LogP contribution < -0.4 is 0 Å². The quantitative estimate of drug-likeness (QED) is 0.413. The molecule has 2 aromatic heterocycles. The molecule has 0 radical (unpaired) electrons. The molecule has 0 N–H and O–H groups in total. The first-order chi connectivity index (χ1) is 13.2. The summed E-state index contributed by atoms with van der Waals surface area (Å²) in [6, 6.07) is 16.6. The van der Waals surface area contributed by atoms with Crippen molar-refractivity contribution in [3.63, 3.8) is 0 Å². The summed E-state index contributed by atoms with van der Waals surface area (Å²) in [4.78, 5) is 12.8. The van der Waals surface area contributed by atoms with Gasteiger partial charge in [-0.2, -0.15) is 0 Å². The number of aromatic nitrogens is 1. The Morgan fingerprint density at radius 1 is 0.889 bits per heavy atom. The number of aryl methyl sites for hydroxylation is 2. The van der Waals surface area contributed by atoms with Crippen molar-refractivity contribution >= 4 is 33.2 Å². The molecular formula is C24H25NO2. The second-order valence-electron chi connectivity index (χ2n) is 7.04. The second kappa shape index (κ2) is 7.07. The first-order valence-corrected chi connectivity index (χ1v) is 9.76. The number of methoxy groups -OCH3 is 1. The smallest absolute Gasteiger partial charge is 0.340 e. The largest absolute Gasteiger partial charge is 0.465 e. The number of para-hydroxylation sites is 1. The van der Waals surface area contributed by atoms with Gasteiger partial charge >= 0.3 is 5.97 Å². The van der Waals surface area contributed by atoms with Crippen LogP contribution in [0.1, 0.15) is 48.3 Å². The molecule has 2 heterocycles. The predicted octanol–water partition coefficient (Wildman–Crippen LogP) is 5.94. The van der Waals surface area contributed by atoms with E-state index < -0.39 is 0 Å². The van der Waals surface area contributed by atoms with Gasteiger partial charge in [-0.3, -0.25) is 0 Å². The Labute approximate surface area is 159 Å². The number of ether oxygens (including phenoxy) is 1. The number of pyridine rings is 1. The number of nitrogens with zero attached hydrogens (tertiary/aromatic N) is 1. The number of fused-ring (bicyclic) bond motifs is 5. The molecule has 4 aromatic rings. The molecule has 0 saturated carbocycles. The number of rotatable bonds is 5. The third-order valence-electron chi connectivity index (χ3n) is 5.38. The molecule has 3 nitrogen and oxygen atoms in total. The highest BCUT2D eigenvalue weighted by molar-refractivity contribution is 6.18. The molecule has 0 atom stereocenters. The zero-order chi connectivity index (χ0) is 19.0. The van der Waals surface area contributed by atoms with Crippen LogP contribution in [0, 0.1) is 0 Å². The molecule has 0 fully saturated rings. The Balaban J connectivity index is 2.33. The maximum absolute atomic E-state index is 12.8. The minimum atomic E-state index is -0.274. The monoisotopic (exact) mass is 359 g/mol. The Kier molecular flexibility index (Phi) is 4.61. The van der Waals surface area contributed by atoms with Crippen LogP contribution >= 0.6 is 0 Å². The molecule has 2 aromatic carbocycles. The van der Waals surface area contributed by atoms with Gasteiger partial charge in [-0.05, 0) is 29.9 Å². The molecule has 0 aliphatic heterocycles. The minimum absolute atomic E-state index is 0.274. The molecule has 0 aliphatic carbocycles. The zero-order valence-electron chi connectivity index (χ0n) is 16.2. The van der Waals surface area contributed by atoms with Crippen LogP contribution in [0.3, 0.4) is 0 Å². The SMILES string of the molecule is CCCc1c(CCC)n2c3ccccc3c(C(=O)OC)c2c2ccccc12. The van der Waals surface area contributed by atoms with Crippen molar-refractivity contribution in [3.05, 3.63) is 65.4 Å². The first kappa shape index (κ1) is 17.6. The molecule has 0 aliphatic rings. The van der Waals surface area contributed by atoms with Crippen molar-refractivity contribution in [2.24, 2.45) is 0 Å². The van der Waals surface area contributed by atoms with Crippen LogP contribution in [-0.4, -0.2) is 17.5 Å². The van der Waals surface area contributed by atoms with Gasteiger partial charge < -0.3 is 9.14 Å². The van der Waals surface area contributed by atoms with Crippen molar-refractivity contribution in [1.82, 2.24) is 4.40 Å². The van der Waals surface area contributed by atoms with Crippen molar-refractivity contribution in [1.29, 1.82) is 0 Å². The Morgan fingerprint density at radius 3 is 2.19 bits per heavy atom. The van der Waals surface area contributed by atoms with E-state index in [-0.39, 0.29) is 5.97 Å². The average molecular weight is 359 g/mol. The second-order valence-corrected chi connectivity index (χ2v) is 7.04. The number of carbonyl (C=O) groups excluding carboxylic acids is 1. The number of benzene rings is 2. The third-order valence-corrected chi connectivity index (χ3v) is 5.38. The van der Waals surface area contributed by atoms with Crippen LogP contribution in [0.4, 0.5) is 0 Å². The lowest BCUT2D eigenvalue weighted by molar-refractivity contribution is 0.0605. The molecule has 3 heteroatoms. The van der Waals surface area contributed by atoms with Gasteiger partial charge in [0.15, 0.2) is 0 Å². The van der Waals surface area contributed by atoms with Gasteiger partial charge in [0.2, 0.25) is 0 Å². The fraction of sp³-hybridized carbons (Fsp3) is 0.292. The van der Waals surface area contributed by atoms with Crippen LogP contribution in [-0.2, 0) is 17.6 Å². The van der Waals surface area contributed by atoms with E-state index in [1.165, 1.54) is 23.8 Å². The van der Waals surface area contributed by atoms with Gasteiger partial charge in [-0.1, -0.05) is 69.2 Å². The third kappa shape index (κ3) is 2.61. The summed E-state index contributed by atoms with van der Waals surface area (Å²) in [6.07, 6.45) is 4.17. The maximum atomic E-state index is 12.8. The van der Waals surface area contributed by atoms with E-state index in [1.807, 2.05) is 18.2 Å². The average Bonchev–Trinajstić information content (AvgIpc) is 3.05. The molecule has 138 valence electrons. The summed E-state index contributed by atoms with van der Waals surface area (Å²) >= 11 is 0. The highest BCUT2D eigenvalue weighted by atomic mass is 16.5. The number of esters is 1. The topological polar surface area (TPSA) is 30.7 Å². The standard InChI is InChI=1S/C24H25NO2/c1-4-10-17-16-12-6-7-13-18(16)23-22(24(26)27-3)19-14-8-9-15-21(19)25(23)20(17)11-5-2/h6-9,12-15H,4-5,10-11H2,1-3H3. The fourth-order valence-corrected chi connectivity index (χ4v) is 4.36. The van der Waals surface area contributed by atoms with E-state index >= 15 is 0 Å². The van der Waals surface area contributed by atoms with Crippen LogP contribution in [0.2, 0.25) is 0 Å². The molecular weight excluding hydrogens is 334 g/mol. The van der Waals surface area contributed by atoms with Gasteiger partial charge in [-0.15, -0.1) is 0 Å². The summed E-state index contributed by atoms with van der Waals surface area (Å²) in [5, 5.41) is 3.33. The van der Waals surface area contributed by atoms with E-state index in [9.17, 15) is 4.79 Å². The molecule has 0 saturated heterocycles. The van der Waals surface area contributed by atoms with Crippen molar-refractivity contribution in [2.75, 3.05) is 7.11 Å². The van der Waals surface area contributed by atoms with E-state index in [0.717, 1.165) is 47.5 Å². The van der Waals surface area contributed by atoms with Crippen molar-refractivity contribution < 1.29 is 9.53 Å². The highest BCUT2D eigenvalue weighted by Crippen LogP contribution is 2.37. The van der Waals surface area contributed by atoms with Crippen molar-refractivity contribution in [3.8, 4) is 0 Å². The lowest BCUT2D eigenvalue weighted by Crippen LogP contribution is -2.07. The van der Waals surface area contributed by atoms with Crippen molar-refractivity contribution in [2.45, 2.75) is 39.5 Å². The Hall–Kier alpha value is -2.81. The maximum Gasteiger partial charge on any atom is 0.340 e. The van der Waals surface area contributed by atoms with E-state index in [2.05, 4.69) is 48.6 Å². The number of hydrogen-bond donors (Lipinski definition) is 0. The minimum Gasteiger partial charge on any atom is -0.465 e. The van der Waals surface area contributed by atoms with Gasteiger partial charge in [-0.25, -0.2) is 4.79 Å².